The van der Waals surface area contributed by atoms with E-state index in [0.29, 0.717) is 0 Å². The van der Waals surface area contributed by atoms with Crippen LogP contribution in [0.3, 0.4) is 0 Å². The maximum atomic E-state index is 12.5. The van der Waals surface area contributed by atoms with E-state index in [1.54, 1.807) is 12.3 Å². The van der Waals surface area contributed by atoms with Gasteiger partial charge in [-0.05, 0) is 25.3 Å². The molecule has 2 aliphatic heterocycles. The van der Waals surface area contributed by atoms with E-state index in [-0.39, 0.29) is 5.70 Å². The van der Waals surface area contributed by atoms with E-state index in [9.17, 15) is 8.78 Å². The molecular weight excluding hydrogens is 254 g/mol. The predicted molar refractivity (Wildman–Crippen MR) is 53.9 cm³/mol. The lowest BCUT2D eigenvalue weighted by Gasteiger charge is -2.31. The van der Waals surface area contributed by atoms with Crippen LogP contribution in [0.5, 0.6) is 0 Å². The lowest BCUT2D eigenvalue weighted by molar-refractivity contribution is 0.175. The molecule has 0 aromatic heterocycles. The van der Waals surface area contributed by atoms with Crippen LogP contribution in [0.15, 0.2) is 34.1 Å². The van der Waals surface area contributed by atoms with Gasteiger partial charge >= 0.3 is 0 Å². The lowest BCUT2D eigenvalue weighted by atomic mass is 10.0. The molecule has 0 amide bonds. The van der Waals surface area contributed by atoms with Crippen LogP contribution in [0.4, 0.5) is 8.78 Å². The van der Waals surface area contributed by atoms with Crippen LogP contribution in [0, 0.1) is 0 Å². The van der Waals surface area contributed by atoms with Gasteiger partial charge in [-0.1, -0.05) is 15.9 Å². The molecule has 1 atom stereocenters. The van der Waals surface area contributed by atoms with Crippen LogP contribution in [0.25, 0.3) is 0 Å². The first-order valence-corrected chi connectivity index (χ1v) is 4.95. The van der Waals surface area contributed by atoms with Crippen molar-refractivity contribution in [3.05, 3.63) is 34.1 Å². The zero-order valence-electron chi connectivity index (χ0n) is 7.44. The van der Waals surface area contributed by atoms with Crippen molar-refractivity contribution in [2.45, 2.75) is 19.0 Å². The maximum Gasteiger partial charge on any atom is 0.278 e. The summed E-state index contributed by atoms with van der Waals surface area (Å²) >= 11 is 3.33. The van der Waals surface area contributed by atoms with Crippen molar-refractivity contribution in [3.63, 3.8) is 0 Å². The molecule has 0 aliphatic carbocycles. The van der Waals surface area contributed by atoms with Gasteiger partial charge in [0, 0.05) is 10.1 Å². The van der Waals surface area contributed by atoms with Crippen LogP contribution >= 0.6 is 15.9 Å². The third kappa shape index (κ3) is 1.35. The van der Waals surface area contributed by atoms with Gasteiger partial charge in [-0.2, -0.15) is 0 Å². The Morgan fingerprint density at radius 2 is 2.21 bits per heavy atom. The largest absolute Gasteiger partial charge is 0.365 e. The molecular formula is C9H9BrF2N2. The summed E-state index contributed by atoms with van der Waals surface area (Å²) in [6.07, 6.45) is 2.53. The molecule has 0 bridgehead atoms. The Balaban J connectivity index is 2.41. The summed E-state index contributed by atoms with van der Waals surface area (Å²) in [5.74, 6) is 0. The summed E-state index contributed by atoms with van der Waals surface area (Å²) in [7, 11) is 0. The predicted octanol–water partition coefficient (Wildman–Crippen LogP) is 2.22. The van der Waals surface area contributed by atoms with E-state index in [4.69, 9.17) is 0 Å². The zero-order chi connectivity index (χ0) is 10.3. The van der Waals surface area contributed by atoms with E-state index in [1.807, 2.05) is 6.92 Å². The van der Waals surface area contributed by atoms with Gasteiger partial charge in [0.05, 0.1) is 5.70 Å². The number of alkyl halides is 2. The Hall–Kier alpha value is -0.840. The summed E-state index contributed by atoms with van der Waals surface area (Å²) in [6.45, 7) is 1.82. The Bertz CT molecular complexity index is 360. The first-order chi connectivity index (χ1) is 6.53. The summed E-state index contributed by atoms with van der Waals surface area (Å²) in [5, 5.41) is 5.77. The summed E-state index contributed by atoms with van der Waals surface area (Å²) in [4.78, 5) is 0. The monoisotopic (exact) mass is 262 g/mol. The smallest absolute Gasteiger partial charge is 0.278 e. The number of allylic oxidation sites excluding steroid dienone is 3. The van der Waals surface area contributed by atoms with Gasteiger partial charge in [-0.3, -0.25) is 0 Å². The van der Waals surface area contributed by atoms with Gasteiger partial charge in [-0.25, -0.2) is 8.78 Å². The van der Waals surface area contributed by atoms with Crippen molar-refractivity contribution in [1.29, 1.82) is 0 Å². The SMILES string of the molecule is CC12NC=CC(Br)=C1C=C(C(F)F)N2. The van der Waals surface area contributed by atoms with Gasteiger partial charge in [0.25, 0.3) is 6.43 Å². The fraction of sp³-hybridized carbons (Fsp3) is 0.333. The van der Waals surface area contributed by atoms with Crippen molar-refractivity contribution in [3.8, 4) is 0 Å². The summed E-state index contributed by atoms with van der Waals surface area (Å²) < 4.78 is 25.7. The van der Waals surface area contributed by atoms with Gasteiger partial charge < -0.3 is 10.6 Å². The van der Waals surface area contributed by atoms with Gasteiger partial charge in [0.1, 0.15) is 5.66 Å². The molecule has 0 fully saturated rings. The molecule has 1 unspecified atom stereocenters. The first-order valence-electron chi connectivity index (χ1n) is 4.15. The second kappa shape index (κ2) is 3.08. The minimum atomic E-state index is -2.47. The topological polar surface area (TPSA) is 24.1 Å². The van der Waals surface area contributed by atoms with E-state index in [2.05, 4.69) is 26.6 Å². The quantitative estimate of drug-likeness (QED) is 0.758. The Kier molecular flexibility index (Phi) is 2.14. The van der Waals surface area contributed by atoms with E-state index >= 15 is 0 Å². The first kappa shape index (κ1) is 9.71. The number of dihydropyridines is 1. The van der Waals surface area contributed by atoms with Crippen LogP contribution in [-0.4, -0.2) is 12.1 Å². The normalized spacial score (nSPS) is 29.9. The van der Waals surface area contributed by atoms with E-state index in [0.717, 1.165) is 10.1 Å². The molecule has 14 heavy (non-hydrogen) atoms. The van der Waals surface area contributed by atoms with Crippen LogP contribution in [0.1, 0.15) is 6.92 Å². The summed E-state index contributed by atoms with van der Waals surface area (Å²) in [6, 6.07) is 0. The maximum absolute atomic E-state index is 12.5. The molecule has 76 valence electrons. The number of hydrogen-bond acceptors (Lipinski definition) is 2. The second-order valence-corrected chi connectivity index (χ2v) is 4.24. The molecule has 0 saturated carbocycles. The lowest BCUT2D eigenvalue weighted by Crippen LogP contribution is -2.51. The third-order valence-electron chi connectivity index (χ3n) is 2.33. The van der Waals surface area contributed by atoms with Crippen molar-refractivity contribution in [1.82, 2.24) is 10.6 Å². The Morgan fingerprint density at radius 3 is 2.79 bits per heavy atom. The molecule has 5 heteroatoms. The summed E-state index contributed by atoms with van der Waals surface area (Å²) in [5.41, 5.74) is 0.144. The Morgan fingerprint density at radius 1 is 1.50 bits per heavy atom. The fourth-order valence-corrected chi connectivity index (χ4v) is 2.25. The molecule has 0 aromatic carbocycles. The van der Waals surface area contributed by atoms with Gasteiger partial charge in [-0.15, -0.1) is 0 Å². The number of nitrogens with one attached hydrogen (secondary N) is 2. The van der Waals surface area contributed by atoms with Crippen molar-refractivity contribution in [2.24, 2.45) is 0 Å². The number of rotatable bonds is 1. The molecule has 2 aliphatic rings. The van der Waals surface area contributed by atoms with Crippen molar-refractivity contribution >= 4 is 15.9 Å². The molecule has 2 nitrogen and oxygen atoms in total. The van der Waals surface area contributed by atoms with Crippen molar-refractivity contribution < 1.29 is 8.78 Å². The minimum Gasteiger partial charge on any atom is -0.365 e. The second-order valence-electron chi connectivity index (χ2n) is 3.39. The number of hydrogen-bond donors (Lipinski definition) is 2. The molecule has 0 spiro atoms. The zero-order valence-corrected chi connectivity index (χ0v) is 9.03. The highest BCUT2D eigenvalue weighted by atomic mass is 79.9. The van der Waals surface area contributed by atoms with Crippen molar-refractivity contribution in [2.75, 3.05) is 0 Å². The molecule has 0 aromatic rings. The van der Waals surface area contributed by atoms with Crippen LogP contribution < -0.4 is 10.6 Å². The van der Waals surface area contributed by atoms with E-state index in [1.165, 1.54) is 6.08 Å². The van der Waals surface area contributed by atoms with Crippen LogP contribution in [-0.2, 0) is 0 Å². The molecule has 0 saturated heterocycles. The standard InChI is InChI=1S/C9H9BrF2N2/c1-9-5(6(10)2-3-13-9)4-7(14-9)8(11)12/h2-4,8,13-14H,1H3. The average molecular weight is 263 g/mol. The third-order valence-corrected chi connectivity index (χ3v) is 3.02. The van der Waals surface area contributed by atoms with Gasteiger partial charge in [0.2, 0.25) is 0 Å². The highest BCUT2D eigenvalue weighted by Crippen LogP contribution is 2.34. The number of halogens is 3. The minimum absolute atomic E-state index is 0.0457. The number of fused-ring (bicyclic) bond motifs is 1. The molecule has 2 N–H and O–H groups in total. The highest BCUT2D eigenvalue weighted by molar-refractivity contribution is 9.11. The fourth-order valence-electron chi connectivity index (χ4n) is 1.60. The van der Waals surface area contributed by atoms with E-state index < -0.39 is 12.1 Å². The van der Waals surface area contributed by atoms with Crippen LogP contribution in [0.2, 0.25) is 0 Å². The Labute approximate surface area is 88.9 Å². The molecule has 2 heterocycles. The highest BCUT2D eigenvalue weighted by Gasteiger charge is 2.38. The molecule has 0 radical (unpaired) electrons. The molecule has 2 rings (SSSR count). The van der Waals surface area contributed by atoms with Gasteiger partial charge in [0.15, 0.2) is 0 Å². The average Bonchev–Trinajstić information content (AvgIpc) is 2.44.